The van der Waals surface area contributed by atoms with E-state index in [1.807, 2.05) is 0 Å². The summed E-state index contributed by atoms with van der Waals surface area (Å²) in [4.78, 5) is 27.0. The number of carbonyl (C=O) groups excluding carboxylic acids is 1. The zero-order valence-electron chi connectivity index (χ0n) is 9.54. The van der Waals surface area contributed by atoms with Crippen molar-refractivity contribution in [2.45, 2.75) is 0 Å². The Labute approximate surface area is 98.6 Å². The Morgan fingerprint density at radius 3 is 2.76 bits per heavy atom. The lowest BCUT2D eigenvalue weighted by Crippen LogP contribution is -2.27. The summed E-state index contributed by atoms with van der Waals surface area (Å²) < 4.78 is 0. The molecule has 90 valence electrons. The normalized spacial score (nSPS) is 10.2. The van der Waals surface area contributed by atoms with Gasteiger partial charge in [-0.1, -0.05) is 0 Å². The Morgan fingerprint density at radius 1 is 1.47 bits per heavy atom. The van der Waals surface area contributed by atoms with Crippen molar-refractivity contribution < 1.29 is 14.7 Å². The average Bonchev–Trinajstić information content (AvgIpc) is 2.26. The Balaban J connectivity index is 2.79. The van der Waals surface area contributed by atoms with Gasteiger partial charge in [-0.25, -0.2) is 14.6 Å². The first-order valence-corrected chi connectivity index (χ1v) is 4.84. The molecule has 0 saturated carbocycles. The van der Waals surface area contributed by atoms with Gasteiger partial charge in [-0.2, -0.15) is 0 Å². The molecule has 6 nitrogen and oxygen atoms in total. The standard InChI is InChI=1S/C11H13N3O3/c1-14(2)11(17)13-9-7-8(5-6-12-9)3-4-10(15)16/h3-7H,1-2H3,(H,15,16)(H,12,13,17)/b4-3+. The zero-order valence-corrected chi connectivity index (χ0v) is 9.54. The van der Waals surface area contributed by atoms with Crippen molar-refractivity contribution >= 4 is 23.9 Å². The van der Waals surface area contributed by atoms with Gasteiger partial charge in [0.25, 0.3) is 0 Å². The van der Waals surface area contributed by atoms with Gasteiger partial charge in [0.15, 0.2) is 0 Å². The van der Waals surface area contributed by atoms with Crippen LogP contribution in [0.5, 0.6) is 0 Å². The fourth-order valence-corrected chi connectivity index (χ4v) is 1.01. The number of carboxylic acid groups (broad SMARTS) is 1. The highest BCUT2D eigenvalue weighted by Gasteiger charge is 2.04. The molecule has 0 aliphatic heterocycles. The number of aliphatic carboxylic acids is 1. The third kappa shape index (κ3) is 4.33. The summed E-state index contributed by atoms with van der Waals surface area (Å²) in [6.07, 6.45) is 3.94. The molecule has 0 atom stereocenters. The molecule has 0 saturated heterocycles. The van der Waals surface area contributed by atoms with Crippen LogP contribution in [0.3, 0.4) is 0 Å². The van der Waals surface area contributed by atoms with Gasteiger partial charge in [-0.3, -0.25) is 5.32 Å². The molecule has 1 aromatic rings. The van der Waals surface area contributed by atoms with E-state index >= 15 is 0 Å². The third-order valence-corrected chi connectivity index (χ3v) is 1.84. The highest BCUT2D eigenvalue weighted by Crippen LogP contribution is 2.08. The van der Waals surface area contributed by atoms with Crippen molar-refractivity contribution in [2.24, 2.45) is 0 Å². The lowest BCUT2D eigenvalue weighted by molar-refractivity contribution is -0.131. The molecule has 0 bridgehead atoms. The van der Waals surface area contributed by atoms with E-state index < -0.39 is 5.97 Å². The van der Waals surface area contributed by atoms with Gasteiger partial charge in [-0.05, 0) is 23.8 Å². The second-order valence-corrected chi connectivity index (χ2v) is 3.47. The highest BCUT2D eigenvalue weighted by molar-refractivity contribution is 5.89. The highest BCUT2D eigenvalue weighted by atomic mass is 16.4. The lowest BCUT2D eigenvalue weighted by Gasteiger charge is -2.11. The Hall–Kier alpha value is -2.37. The van der Waals surface area contributed by atoms with Crippen LogP contribution in [0.4, 0.5) is 10.6 Å². The number of hydrogen-bond acceptors (Lipinski definition) is 3. The predicted octanol–water partition coefficient (Wildman–Crippen LogP) is 1.27. The number of rotatable bonds is 3. The Morgan fingerprint density at radius 2 is 2.18 bits per heavy atom. The quantitative estimate of drug-likeness (QED) is 0.773. The molecule has 2 N–H and O–H groups in total. The minimum atomic E-state index is -1.03. The van der Waals surface area contributed by atoms with Gasteiger partial charge in [0.2, 0.25) is 0 Å². The maximum atomic E-state index is 11.4. The van der Waals surface area contributed by atoms with Crippen LogP contribution >= 0.6 is 0 Å². The van der Waals surface area contributed by atoms with Gasteiger partial charge in [0.05, 0.1) is 0 Å². The van der Waals surface area contributed by atoms with Gasteiger partial charge in [-0.15, -0.1) is 0 Å². The molecule has 1 heterocycles. The van der Waals surface area contributed by atoms with E-state index in [4.69, 9.17) is 5.11 Å². The number of urea groups is 1. The number of amides is 2. The number of anilines is 1. The molecule has 0 radical (unpaired) electrons. The molecule has 0 aromatic carbocycles. The molecule has 0 fully saturated rings. The SMILES string of the molecule is CN(C)C(=O)Nc1cc(/C=C/C(=O)O)ccn1. The van der Waals surface area contributed by atoms with Gasteiger partial charge in [0.1, 0.15) is 5.82 Å². The minimum Gasteiger partial charge on any atom is -0.478 e. The summed E-state index contributed by atoms with van der Waals surface area (Å²) in [5, 5.41) is 11.0. The van der Waals surface area contributed by atoms with E-state index in [1.54, 1.807) is 26.2 Å². The molecular formula is C11H13N3O3. The van der Waals surface area contributed by atoms with Gasteiger partial charge >= 0.3 is 12.0 Å². The van der Waals surface area contributed by atoms with Crippen molar-refractivity contribution in [2.75, 3.05) is 19.4 Å². The van der Waals surface area contributed by atoms with Crippen LogP contribution < -0.4 is 5.32 Å². The van der Waals surface area contributed by atoms with Crippen LogP contribution in [0.2, 0.25) is 0 Å². The molecule has 0 unspecified atom stereocenters. The Kier molecular flexibility index (Phi) is 4.21. The number of hydrogen-bond donors (Lipinski definition) is 2. The van der Waals surface area contributed by atoms with Crippen LogP contribution in [0, 0.1) is 0 Å². The number of aromatic nitrogens is 1. The molecule has 2 amide bonds. The summed E-state index contributed by atoms with van der Waals surface area (Å²) >= 11 is 0. The van der Waals surface area contributed by atoms with E-state index in [2.05, 4.69) is 10.3 Å². The van der Waals surface area contributed by atoms with E-state index in [9.17, 15) is 9.59 Å². The van der Waals surface area contributed by atoms with E-state index in [0.29, 0.717) is 11.4 Å². The second-order valence-electron chi connectivity index (χ2n) is 3.47. The first-order chi connectivity index (χ1) is 7.99. The monoisotopic (exact) mass is 235 g/mol. The van der Waals surface area contributed by atoms with Crippen LogP contribution in [0.15, 0.2) is 24.4 Å². The van der Waals surface area contributed by atoms with Crippen LogP contribution in [0.25, 0.3) is 6.08 Å². The second kappa shape index (κ2) is 5.64. The van der Waals surface area contributed by atoms with Crippen LogP contribution in [-0.2, 0) is 4.79 Å². The summed E-state index contributed by atoms with van der Waals surface area (Å²) in [7, 11) is 3.23. The number of nitrogens with one attached hydrogen (secondary N) is 1. The van der Waals surface area contributed by atoms with Crippen LogP contribution in [-0.4, -0.2) is 41.1 Å². The number of carbonyl (C=O) groups is 2. The van der Waals surface area contributed by atoms with E-state index in [0.717, 1.165) is 6.08 Å². The maximum absolute atomic E-state index is 11.4. The minimum absolute atomic E-state index is 0.295. The number of carboxylic acids is 1. The summed E-state index contributed by atoms with van der Waals surface area (Å²) in [5.74, 6) is -0.656. The van der Waals surface area contributed by atoms with Crippen molar-refractivity contribution in [3.05, 3.63) is 30.0 Å². The maximum Gasteiger partial charge on any atom is 0.328 e. The summed E-state index contributed by atoms with van der Waals surface area (Å²) in [6.45, 7) is 0. The fraction of sp³-hybridized carbons (Fsp3) is 0.182. The summed E-state index contributed by atoms with van der Waals surface area (Å²) in [6, 6.07) is 2.93. The first-order valence-electron chi connectivity index (χ1n) is 4.84. The summed E-state index contributed by atoms with van der Waals surface area (Å²) in [5.41, 5.74) is 0.649. The van der Waals surface area contributed by atoms with Crippen LogP contribution in [0.1, 0.15) is 5.56 Å². The van der Waals surface area contributed by atoms with E-state index in [1.165, 1.54) is 17.2 Å². The molecule has 0 aliphatic carbocycles. The predicted molar refractivity (Wildman–Crippen MR) is 63.6 cm³/mol. The molecule has 17 heavy (non-hydrogen) atoms. The van der Waals surface area contributed by atoms with Gasteiger partial charge < -0.3 is 10.0 Å². The van der Waals surface area contributed by atoms with Crippen molar-refractivity contribution in [3.8, 4) is 0 Å². The molecule has 1 rings (SSSR count). The van der Waals surface area contributed by atoms with Crippen molar-refractivity contribution in [1.82, 2.24) is 9.88 Å². The van der Waals surface area contributed by atoms with Crippen molar-refractivity contribution in [3.63, 3.8) is 0 Å². The van der Waals surface area contributed by atoms with Gasteiger partial charge in [0, 0.05) is 26.4 Å². The largest absolute Gasteiger partial charge is 0.478 e. The fourth-order valence-electron chi connectivity index (χ4n) is 1.01. The zero-order chi connectivity index (χ0) is 12.8. The molecule has 6 heteroatoms. The van der Waals surface area contributed by atoms with Crippen molar-refractivity contribution in [1.29, 1.82) is 0 Å². The smallest absolute Gasteiger partial charge is 0.328 e. The number of pyridine rings is 1. The Bertz CT molecular complexity index is 455. The third-order valence-electron chi connectivity index (χ3n) is 1.84. The first kappa shape index (κ1) is 12.7. The van der Waals surface area contributed by atoms with E-state index in [-0.39, 0.29) is 6.03 Å². The molecular weight excluding hydrogens is 222 g/mol. The lowest BCUT2D eigenvalue weighted by atomic mass is 10.2. The topological polar surface area (TPSA) is 82.5 Å². The molecule has 1 aromatic heterocycles. The average molecular weight is 235 g/mol. The number of nitrogens with zero attached hydrogens (tertiary/aromatic N) is 2. The molecule has 0 spiro atoms. The molecule has 0 aliphatic rings.